The van der Waals surface area contributed by atoms with Crippen LogP contribution in [0.3, 0.4) is 0 Å². The Bertz CT molecular complexity index is 644. The number of anilines is 1. The Labute approximate surface area is 125 Å². The van der Waals surface area contributed by atoms with E-state index in [0.717, 1.165) is 31.6 Å². The van der Waals surface area contributed by atoms with E-state index in [2.05, 4.69) is 25.9 Å². The maximum atomic E-state index is 4.59. The maximum Gasteiger partial charge on any atom is 0.108 e. The van der Waals surface area contributed by atoms with Gasteiger partial charge in [-0.15, -0.1) is 0 Å². The molecular weight excluding hydrogens is 260 g/mol. The maximum absolute atomic E-state index is 4.59. The molecule has 2 aromatic heterocycles. The van der Waals surface area contributed by atoms with E-state index < -0.39 is 0 Å². The van der Waals surface area contributed by atoms with Crippen LogP contribution in [-0.4, -0.2) is 14.5 Å². The zero-order valence-corrected chi connectivity index (χ0v) is 12.4. The normalized spacial score (nSPS) is 17.1. The zero-order chi connectivity index (χ0) is 14.1. The summed E-state index contributed by atoms with van der Waals surface area (Å²) in [5, 5.41) is 3.52. The molecule has 21 heavy (non-hydrogen) atoms. The van der Waals surface area contributed by atoms with E-state index in [1.54, 1.807) is 0 Å². The fraction of sp³-hybridized carbons (Fsp3) is 0.529. The molecule has 2 aliphatic rings. The minimum absolute atomic E-state index is 0.841. The van der Waals surface area contributed by atoms with Gasteiger partial charge >= 0.3 is 0 Å². The first-order valence-electron chi connectivity index (χ1n) is 8.15. The fourth-order valence-corrected chi connectivity index (χ4v) is 3.51. The molecule has 0 aromatic carbocycles. The van der Waals surface area contributed by atoms with Gasteiger partial charge in [-0.2, -0.15) is 0 Å². The van der Waals surface area contributed by atoms with Crippen molar-refractivity contribution in [2.24, 2.45) is 0 Å². The summed E-state index contributed by atoms with van der Waals surface area (Å²) in [6, 6.07) is 2.27. The highest BCUT2D eigenvalue weighted by molar-refractivity contribution is 5.46. The summed E-state index contributed by atoms with van der Waals surface area (Å²) in [4.78, 5) is 9.17. The highest BCUT2D eigenvalue weighted by atomic mass is 15.1. The number of nitrogens with one attached hydrogen (secondary N) is 1. The Morgan fingerprint density at radius 3 is 3.00 bits per heavy atom. The van der Waals surface area contributed by atoms with Gasteiger partial charge in [0.1, 0.15) is 5.82 Å². The van der Waals surface area contributed by atoms with Gasteiger partial charge in [0.15, 0.2) is 0 Å². The van der Waals surface area contributed by atoms with Crippen molar-refractivity contribution in [2.45, 2.75) is 58.0 Å². The fourth-order valence-electron chi connectivity index (χ4n) is 3.51. The number of hydrogen-bond donors (Lipinski definition) is 1. The second kappa shape index (κ2) is 5.51. The number of aromatic nitrogens is 3. The quantitative estimate of drug-likeness (QED) is 0.940. The third-order valence-corrected chi connectivity index (χ3v) is 4.70. The second-order valence-electron chi connectivity index (χ2n) is 6.16. The standard InChI is InChI=1S/C17H22N4/c1-2-7-17-20-12-15(21(17)8-3-1)11-18-14-9-13-5-4-6-16(13)19-10-14/h9-10,12,18H,1-8,11H2. The Morgan fingerprint density at radius 2 is 2.00 bits per heavy atom. The molecule has 0 radical (unpaired) electrons. The van der Waals surface area contributed by atoms with Crippen molar-refractivity contribution in [3.05, 3.63) is 41.2 Å². The van der Waals surface area contributed by atoms with Gasteiger partial charge in [-0.05, 0) is 43.7 Å². The summed E-state index contributed by atoms with van der Waals surface area (Å²) in [5.74, 6) is 1.26. The summed E-state index contributed by atoms with van der Waals surface area (Å²) >= 11 is 0. The molecule has 0 saturated heterocycles. The van der Waals surface area contributed by atoms with Crippen molar-refractivity contribution in [3.63, 3.8) is 0 Å². The van der Waals surface area contributed by atoms with Crippen LogP contribution in [0.15, 0.2) is 18.5 Å². The van der Waals surface area contributed by atoms with Crippen molar-refractivity contribution < 1.29 is 0 Å². The van der Waals surface area contributed by atoms with Gasteiger partial charge < -0.3 is 9.88 Å². The second-order valence-corrected chi connectivity index (χ2v) is 6.16. The van der Waals surface area contributed by atoms with Crippen molar-refractivity contribution >= 4 is 5.69 Å². The molecular formula is C17H22N4. The molecule has 2 aromatic rings. The van der Waals surface area contributed by atoms with Crippen LogP contribution in [0.4, 0.5) is 5.69 Å². The van der Waals surface area contributed by atoms with Gasteiger partial charge in [0.25, 0.3) is 0 Å². The number of hydrogen-bond acceptors (Lipinski definition) is 3. The van der Waals surface area contributed by atoms with E-state index in [1.165, 1.54) is 54.9 Å². The zero-order valence-electron chi connectivity index (χ0n) is 12.4. The van der Waals surface area contributed by atoms with Gasteiger partial charge in [-0.25, -0.2) is 4.98 Å². The first kappa shape index (κ1) is 12.9. The average molecular weight is 282 g/mol. The molecule has 4 rings (SSSR count). The summed E-state index contributed by atoms with van der Waals surface area (Å²) < 4.78 is 2.40. The van der Waals surface area contributed by atoms with Crippen molar-refractivity contribution in [1.82, 2.24) is 14.5 Å². The van der Waals surface area contributed by atoms with Gasteiger partial charge in [-0.3, -0.25) is 4.98 Å². The first-order chi connectivity index (χ1) is 10.4. The molecule has 0 atom stereocenters. The van der Waals surface area contributed by atoms with Gasteiger partial charge in [0.05, 0.1) is 30.3 Å². The van der Waals surface area contributed by atoms with Crippen molar-refractivity contribution in [1.29, 1.82) is 0 Å². The third-order valence-electron chi connectivity index (χ3n) is 4.70. The lowest BCUT2D eigenvalue weighted by atomic mass is 10.2. The van der Waals surface area contributed by atoms with E-state index in [-0.39, 0.29) is 0 Å². The predicted octanol–water partition coefficient (Wildman–Crippen LogP) is 3.11. The molecule has 1 aliphatic heterocycles. The molecule has 1 aliphatic carbocycles. The van der Waals surface area contributed by atoms with E-state index in [9.17, 15) is 0 Å². The van der Waals surface area contributed by atoms with E-state index >= 15 is 0 Å². The monoisotopic (exact) mass is 282 g/mol. The number of aryl methyl sites for hydroxylation is 3. The largest absolute Gasteiger partial charge is 0.378 e. The third kappa shape index (κ3) is 2.55. The molecule has 1 N–H and O–H groups in total. The van der Waals surface area contributed by atoms with Crippen LogP contribution in [0.1, 0.15) is 48.5 Å². The first-order valence-corrected chi connectivity index (χ1v) is 8.15. The lowest BCUT2D eigenvalue weighted by molar-refractivity contribution is 0.616. The number of rotatable bonds is 3. The van der Waals surface area contributed by atoms with Crippen molar-refractivity contribution in [3.8, 4) is 0 Å². The number of nitrogens with zero attached hydrogens (tertiary/aromatic N) is 3. The van der Waals surface area contributed by atoms with Crippen LogP contribution in [-0.2, 0) is 32.4 Å². The molecule has 0 unspecified atom stereocenters. The Kier molecular flexibility index (Phi) is 3.37. The smallest absolute Gasteiger partial charge is 0.108 e. The molecule has 0 saturated carbocycles. The van der Waals surface area contributed by atoms with Crippen LogP contribution in [0.2, 0.25) is 0 Å². The molecule has 4 nitrogen and oxygen atoms in total. The summed E-state index contributed by atoms with van der Waals surface area (Å²) in [7, 11) is 0. The molecule has 0 bridgehead atoms. The van der Waals surface area contributed by atoms with Gasteiger partial charge in [0.2, 0.25) is 0 Å². The molecule has 3 heterocycles. The minimum atomic E-state index is 0.841. The highest BCUT2D eigenvalue weighted by Gasteiger charge is 2.14. The van der Waals surface area contributed by atoms with Crippen LogP contribution in [0.5, 0.6) is 0 Å². The molecule has 110 valence electrons. The van der Waals surface area contributed by atoms with E-state index in [1.807, 2.05) is 12.4 Å². The average Bonchev–Trinajstić information content (AvgIpc) is 3.05. The van der Waals surface area contributed by atoms with Crippen LogP contribution in [0, 0.1) is 0 Å². The Balaban J connectivity index is 1.48. The summed E-state index contributed by atoms with van der Waals surface area (Å²) in [5.41, 5.74) is 5.15. The lowest BCUT2D eigenvalue weighted by Crippen LogP contribution is -2.09. The van der Waals surface area contributed by atoms with Crippen LogP contribution >= 0.6 is 0 Å². The highest BCUT2D eigenvalue weighted by Crippen LogP contribution is 2.23. The molecule has 0 fully saturated rings. The van der Waals surface area contributed by atoms with Crippen LogP contribution < -0.4 is 5.32 Å². The van der Waals surface area contributed by atoms with Gasteiger partial charge in [-0.1, -0.05) is 6.42 Å². The van der Waals surface area contributed by atoms with E-state index in [0.29, 0.717) is 0 Å². The molecule has 0 amide bonds. The van der Waals surface area contributed by atoms with Crippen LogP contribution in [0.25, 0.3) is 0 Å². The number of fused-ring (bicyclic) bond motifs is 2. The number of imidazole rings is 1. The molecule has 4 heteroatoms. The SMILES string of the molecule is c1nc2c(cc1NCc1cnc3n1CCCCC3)CCC2. The molecule has 0 spiro atoms. The Hall–Kier alpha value is -1.84. The van der Waals surface area contributed by atoms with Crippen molar-refractivity contribution in [2.75, 3.05) is 5.32 Å². The Morgan fingerprint density at radius 1 is 1.00 bits per heavy atom. The predicted molar refractivity (Wildman–Crippen MR) is 83.4 cm³/mol. The lowest BCUT2D eigenvalue weighted by Gasteiger charge is -2.11. The van der Waals surface area contributed by atoms with Gasteiger partial charge in [0, 0.05) is 18.7 Å². The number of pyridine rings is 1. The van der Waals surface area contributed by atoms with E-state index in [4.69, 9.17) is 0 Å². The summed E-state index contributed by atoms with van der Waals surface area (Å²) in [6.45, 7) is 1.96. The minimum Gasteiger partial charge on any atom is -0.378 e. The summed E-state index contributed by atoms with van der Waals surface area (Å²) in [6.07, 6.45) is 12.6. The topological polar surface area (TPSA) is 42.7 Å².